The number of pyridine rings is 1. The van der Waals surface area contributed by atoms with E-state index in [1.54, 1.807) is 6.92 Å². The van der Waals surface area contributed by atoms with E-state index >= 15 is 0 Å². The highest BCUT2D eigenvalue weighted by Crippen LogP contribution is 2.15. The molecule has 2 aromatic rings. The second-order valence-electron chi connectivity index (χ2n) is 4.13. The molecular formula is C12H15N3O2. The predicted molar refractivity (Wildman–Crippen MR) is 65.4 cm³/mol. The van der Waals surface area contributed by atoms with Crippen molar-refractivity contribution in [1.82, 2.24) is 9.38 Å². The predicted octanol–water partition coefficient (Wildman–Crippen LogP) is 1.84. The summed E-state index contributed by atoms with van der Waals surface area (Å²) in [5.41, 5.74) is 3.68. The van der Waals surface area contributed by atoms with Crippen molar-refractivity contribution < 1.29 is 9.90 Å². The molecule has 90 valence electrons. The first kappa shape index (κ1) is 11.4. The van der Waals surface area contributed by atoms with Gasteiger partial charge >= 0.3 is 5.97 Å². The van der Waals surface area contributed by atoms with Gasteiger partial charge in [-0.1, -0.05) is 0 Å². The van der Waals surface area contributed by atoms with Gasteiger partial charge in [-0.25, -0.2) is 4.98 Å². The van der Waals surface area contributed by atoms with E-state index in [1.165, 1.54) is 0 Å². The van der Waals surface area contributed by atoms with Crippen LogP contribution in [0, 0.1) is 13.8 Å². The maximum Gasteiger partial charge on any atom is 0.325 e. The van der Waals surface area contributed by atoms with Crippen LogP contribution < -0.4 is 5.32 Å². The third-order valence-corrected chi connectivity index (χ3v) is 2.85. The Kier molecular flexibility index (Phi) is 2.75. The molecule has 0 saturated carbocycles. The van der Waals surface area contributed by atoms with E-state index in [4.69, 9.17) is 5.11 Å². The van der Waals surface area contributed by atoms with Crippen molar-refractivity contribution in [3.63, 3.8) is 0 Å². The summed E-state index contributed by atoms with van der Waals surface area (Å²) in [4.78, 5) is 15.1. The quantitative estimate of drug-likeness (QED) is 0.848. The molecule has 17 heavy (non-hydrogen) atoms. The minimum absolute atomic E-state index is 0.614. The molecular weight excluding hydrogens is 218 g/mol. The molecule has 0 radical (unpaired) electrons. The molecule has 0 bridgehead atoms. The molecule has 0 fully saturated rings. The lowest BCUT2D eigenvalue weighted by Gasteiger charge is -2.11. The summed E-state index contributed by atoms with van der Waals surface area (Å²) < 4.78 is 1.95. The SMILES string of the molecule is Cc1nc2ccc(NC(C)C(=O)O)cn2c1C. The van der Waals surface area contributed by atoms with Gasteiger partial charge in [-0.15, -0.1) is 0 Å². The van der Waals surface area contributed by atoms with Gasteiger partial charge in [0.05, 0.1) is 11.4 Å². The number of imidazole rings is 1. The highest BCUT2D eigenvalue weighted by Gasteiger charge is 2.11. The number of hydrogen-bond donors (Lipinski definition) is 2. The molecule has 5 heteroatoms. The number of carbonyl (C=O) groups is 1. The van der Waals surface area contributed by atoms with Crippen molar-refractivity contribution in [2.24, 2.45) is 0 Å². The van der Waals surface area contributed by atoms with E-state index in [0.717, 1.165) is 22.7 Å². The van der Waals surface area contributed by atoms with Crippen LogP contribution in [0.15, 0.2) is 18.3 Å². The molecule has 0 aliphatic rings. The van der Waals surface area contributed by atoms with Gasteiger partial charge in [0.25, 0.3) is 0 Å². The van der Waals surface area contributed by atoms with Gasteiger partial charge in [-0.05, 0) is 32.9 Å². The molecule has 2 aromatic heterocycles. The molecule has 2 N–H and O–H groups in total. The summed E-state index contributed by atoms with van der Waals surface area (Å²) in [6.45, 7) is 5.55. The van der Waals surface area contributed by atoms with Crippen molar-refractivity contribution in [3.8, 4) is 0 Å². The van der Waals surface area contributed by atoms with E-state index in [0.29, 0.717) is 0 Å². The minimum Gasteiger partial charge on any atom is -0.480 e. The highest BCUT2D eigenvalue weighted by atomic mass is 16.4. The first-order valence-corrected chi connectivity index (χ1v) is 5.43. The lowest BCUT2D eigenvalue weighted by Crippen LogP contribution is -2.25. The molecule has 0 aromatic carbocycles. The molecule has 2 rings (SSSR count). The molecule has 1 unspecified atom stereocenters. The van der Waals surface area contributed by atoms with Crippen LogP contribution in [0.5, 0.6) is 0 Å². The van der Waals surface area contributed by atoms with E-state index in [-0.39, 0.29) is 0 Å². The Balaban J connectivity index is 2.37. The number of carboxylic acids is 1. The zero-order valence-electron chi connectivity index (χ0n) is 10.1. The van der Waals surface area contributed by atoms with Crippen molar-refractivity contribution >= 4 is 17.3 Å². The van der Waals surface area contributed by atoms with E-state index < -0.39 is 12.0 Å². The highest BCUT2D eigenvalue weighted by molar-refractivity contribution is 5.76. The Morgan fingerprint density at radius 1 is 1.47 bits per heavy atom. The summed E-state index contributed by atoms with van der Waals surface area (Å²) in [7, 11) is 0. The summed E-state index contributed by atoms with van der Waals surface area (Å²) in [5.74, 6) is -0.872. The fourth-order valence-electron chi connectivity index (χ4n) is 1.68. The number of fused-ring (bicyclic) bond motifs is 1. The van der Waals surface area contributed by atoms with Crippen LogP contribution in [0.3, 0.4) is 0 Å². The topological polar surface area (TPSA) is 66.6 Å². The number of carboxylic acid groups (broad SMARTS) is 1. The van der Waals surface area contributed by atoms with E-state index in [1.807, 2.05) is 36.6 Å². The molecule has 0 spiro atoms. The van der Waals surface area contributed by atoms with E-state index in [9.17, 15) is 4.79 Å². The second-order valence-corrected chi connectivity index (χ2v) is 4.13. The maximum absolute atomic E-state index is 10.8. The van der Waals surface area contributed by atoms with Gasteiger partial charge in [0.2, 0.25) is 0 Å². The van der Waals surface area contributed by atoms with Gasteiger partial charge in [0.15, 0.2) is 0 Å². The second kappa shape index (κ2) is 4.08. The number of aromatic nitrogens is 2. The molecule has 1 atom stereocenters. The zero-order valence-corrected chi connectivity index (χ0v) is 10.1. The number of nitrogens with one attached hydrogen (secondary N) is 1. The Labute approximate surface area is 99.1 Å². The molecule has 2 heterocycles. The van der Waals surface area contributed by atoms with Crippen molar-refractivity contribution in [2.45, 2.75) is 26.8 Å². The Hall–Kier alpha value is -2.04. The number of aliphatic carboxylic acids is 1. The van der Waals surface area contributed by atoms with Gasteiger partial charge in [0, 0.05) is 11.9 Å². The number of rotatable bonds is 3. The average molecular weight is 233 g/mol. The molecule has 0 aliphatic heterocycles. The Morgan fingerprint density at radius 3 is 2.82 bits per heavy atom. The van der Waals surface area contributed by atoms with E-state index in [2.05, 4.69) is 10.3 Å². The standard InChI is InChI=1S/C12H15N3O2/c1-7-9(3)15-6-10(4-5-11(15)14-7)13-8(2)12(16)17/h4-6,8,13H,1-3H3,(H,16,17). The van der Waals surface area contributed by atoms with Crippen LogP contribution in [-0.2, 0) is 4.79 Å². The van der Waals surface area contributed by atoms with Crippen molar-refractivity contribution in [2.75, 3.05) is 5.32 Å². The zero-order chi connectivity index (χ0) is 12.6. The summed E-state index contributed by atoms with van der Waals surface area (Å²) in [6.07, 6.45) is 1.87. The number of anilines is 1. The third kappa shape index (κ3) is 2.08. The minimum atomic E-state index is -0.872. The normalized spacial score (nSPS) is 12.6. The lowest BCUT2D eigenvalue weighted by molar-refractivity contribution is -0.137. The van der Waals surface area contributed by atoms with Crippen LogP contribution in [0.25, 0.3) is 5.65 Å². The Morgan fingerprint density at radius 2 is 2.18 bits per heavy atom. The van der Waals surface area contributed by atoms with Gasteiger partial charge < -0.3 is 14.8 Å². The Bertz CT molecular complexity index is 574. The van der Waals surface area contributed by atoms with Crippen LogP contribution in [-0.4, -0.2) is 26.5 Å². The fraction of sp³-hybridized carbons (Fsp3) is 0.333. The van der Waals surface area contributed by atoms with Crippen LogP contribution in [0.2, 0.25) is 0 Å². The van der Waals surface area contributed by atoms with Gasteiger partial charge in [-0.2, -0.15) is 0 Å². The summed E-state index contributed by atoms with van der Waals surface area (Å²) in [6, 6.07) is 3.09. The van der Waals surface area contributed by atoms with Crippen LogP contribution >= 0.6 is 0 Å². The monoisotopic (exact) mass is 233 g/mol. The lowest BCUT2D eigenvalue weighted by atomic mass is 10.3. The smallest absolute Gasteiger partial charge is 0.325 e. The molecule has 0 amide bonds. The molecule has 0 saturated heterocycles. The third-order valence-electron chi connectivity index (χ3n) is 2.85. The first-order chi connectivity index (χ1) is 7.99. The average Bonchev–Trinajstić information content (AvgIpc) is 2.55. The van der Waals surface area contributed by atoms with Crippen LogP contribution in [0.1, 0.15) is 18.3 Å². The largest absolute Gasteiger partial charge is 0.480 e. The van der Waals surface area contributed by atoms with Crippen molar-refractivity contribution in [3.05, 3.63) is 29.7 Å². The fourth-order valence-corrected chi connectivity index (χ4v) is 1.68. The van der Waals surface area contributed by atoms with Gasteiger partial charge in [-0.3, -0.25) is 4.79 Å². The number of nitrogens with zero attached hydrogens (tertiary/aromatic N) is 2. The van der Waals surface area contributed by atoms with Crippen LogP contribution in [0.4, 0.5) is 5.69 Å². The number of hydrogen-bond acceptors (Lipinski definition) is 3. The number of aryl methyl sites for hydroxylation is 2. The van der Waals surface area contributed by atoms with Gasteiger partial charge in [0.1, 0.15) is 11.7 Å². The molecule has 0 aliphatic carbocycles. The van der Waals surface area contributed by atoms with Crippen molar-refractivity contribution in [1.29, 1.82) is 0 Å². The maximum atomic E-state index is 10.8. The summed E-state index contributed by atoms with van der Waals surface area (Å²) in [5, 5.41) is 11.8. The molecule has 5 nitrogen and oxygen atoms in total. The first-order valence-electron chi connectivity index (χ1n) is 5.43. The summed E-state index contributed by atoms with van der Waals surface area (Å²) >= 11 is 0.